The number of anilines is 1. The quantitative estimate of drug-likeness (QED) is 0.550. The maximum Gasteiger partial charge on any atom is 0.229 e. The number of thioether (sulfide) groups is 1. The minimum atomic E-state index is 0.227. The van der Waals surface area contributed by atoms with Crippen molar-refractivity contribution in [2.75, 3.05) is 55.8 Å². The van der Waals surface area contributed by atoms with E-state index in [4.69, 9.17) is 20.8 Å². The van der Waals surface area contributed by atoms with Crippen LogP contribution in [-0.2, 0) is 11.3 Å². The van der Waals surface area contributed by atoms with Gasteiger partial charge in [-0.2, -0.15) is 16.7 Å². The molecule has 0 radical (unpaired) electrons. The molecule has 0 unspecified atom stereocenters. The summed E-state index contributed by atoms with van der Waals surface area (Å²) >= 11 is 8.26. The van der Waals surface area contributed by atoms with Crippen LogP contribution in [0.5, 0.6) is 0 Å². The van der Waals surface area contributed by atoms with Gasteiger partial charge in [0.1, 0.15) is 5.52 Å². The van der Waals surface area contributed by atoms with Gasteiger partial charge in [-0.25, -0.2) is 9.97 Å². The summed E-state index contributed by atoms with van der Waals surface area (Å²) in [4.78, 5) is 18.0. The third kappa shape index (κ3) is 4.82. The summed E-state index contributed by atoms with van der Waals surface area (Å²) < 4.78 is 11.5. The van der Waals surface area contributed by atoms with Crippen LogP contribution in [0, 0.1) is 0 Å². The number of morpholine rings is 1. The molecule has 2 saturated heterocycles. The molecule has 162 valence electrons. The first-order valence-corrected chi connectivity index (χ1v) is 12.1. The molecule has 2 aliphatic rings. The second-order valence-electron chi connectivity index (χ2n) is 7.49. The van der Waals surface area contributed by atoms with Crippen LogP contribution in [-0.4, -0.2) is 70.8 Å². The molecular weight excluding hydrogens is 422 g/mol. The van der Waals surface area contributed by atoms with Crippen LogP contribution in [0.4, 0.5) is 5.82 Å². The molecule has 5 rings (SSSR count). The van der Waals surface area contributed by atoms with Crippen molar-refractivity contribution in [3.63, 3.8) is 0 Å². The van der Waals surface area contributed by atoms with Gasteiger partial charge in [-0.15, -0.1) is 0 Å². The van der Waals surface area contributed by atoms with E-state index in [-0.39, 0.29) is 5.28 Å². The van der Waals surface area contributed by atoms with Crippen molar-refractivity contribution in [1.82, 2.24) is 19.9 Å². The van der Waals surface area contributed by atoms with E-state index in [2.05, 4.69) is 44.7 Å². The average Bonchev–Trinajstić information content (AvgIpc) is 3.13. The van der Waals surface area contributed by atoms with Crippen molar-refractivity contribution in [2.45, 2.75) is 26.8 Å². The summed E-state index contributed by atoms with van der Waals surface area (Å²) in [5, 5.41) is 1.12. The Kier molecular flexibility index (Phi) is 7.30. The Morgan fingerprint density at radius 2 is 1.83 bits per heavy atom. The van der Waals surface area contributed by atoms with Gasteiger partial charge in [0.2, 0.25) is 11.0 Å². The fourth-order valence-electron chi connectivity index (χ4n) is 3.63. The second kappa shape index (κ2) is 10.1. The fraction of sp³-hybridized carbons (Fsp3) is 0.571. The molecule has 3 aromatic heterocycles. The molecule has 0 aliphatic carbocycles. The molecule has 3 aromatic rings. The van der Waals surface area contributed by atoms with Crippen molar-refractivity contribution in [2.24, 2.45) is 0 Å². The Balaban J connectivity index is 0.000000687. The topological polar surface area (TPSA) is 67.5 Å². The highest BCUT2D eigenvalue weighted by Gasteiger charge is 2.22. The van der Waals surface area contributed by atoms with Crippen LogP contribution in [0.2, 0.25) is 5.28 Å². The van der Waals surface area contributed by atoms with E-state index in [9.17, 15) is 0 Å². The largest absolute Gasteiger partial charge is 0.432 e. The van der Waals surface area contributed by atoms with Gasteiger partial charge in [-0.3, -0.25) is 4.90 Å². The number of fused-ring (bicyclic) bond motifs is 3. The van der Waals surface area contributed by atoms with Crippen LogP contribution in [0.25, 0.3) is 22.2 Å². The van der Waals surface area contributed by atoms with Crippen LogP contribution in [0.3, 0.4) is 0 Å². The van der Waals surface area contributed by atoms with Crippen LogP contribution < -0.4 is 4.90 Å². The second-order valence-corrected chi connectivity index (χ2v) is 9.05. The van der Waals surface area contributed by atoms with E-state index in [1.807, 2.05) is 18.0 Å². The number of nitrogens with zero attached hydrogens (tertiary/aromatic N) is 5. The molecule has 0 spiro atoms. The van der Waals surface area contributed by atoms with E-state index in [1.54, 1.807) is 0 Å². The number of rotatable bonds is 3. The molecule has 7 nitrogen and oxygen atoms in total. The maximum atomic E-state index is 6.24. The smallest absolute Gasteiger partial charge is 0.229 e. The standard InChI is InChI=1S/C18H20ClN5O2S.C3H8/c19-18-21-14-13-9-12(11-23-3-7-27-8-4-23)10-20-17(13)26-15(14)16(22-18)24-1-5-25-6-2-24;1-3-2/h9-10H,1-8,11H2;3H2,1-2H3. The van der Waals surface area contributed by atoms with E-state index >= 15 is 0 Å². The molecule has 0 N–H and O–H groups in total. The molecule has 9 heteroatoms. The van der Waals surface area contributed by atoms with Gasteiger partial charge in [0.05, 0.1) is 18.6 Å². The van der Waals surface area contributed by atoms with Gasteiger partial charge in [0.15, 0.2) is 11.4 Å². The predicted octanol–water partition coefficient (Wildman–Crippen LogP) is 4.23. The fourth-order valence-corrected chi connectivity index (χ4v) is 4.77. The number of pyridine rings is 1. The van der Waals surface area contributed by atoms with Crippen LogP contribution >= 0.6 is 23.4 Å². The minimum absolute atomic E-state index is 0.227. The van der Waals surface area contributed by atoms with Gasteiger partial charge in [-0.1, -0.05) is 20.3 Å². The van der Waals surface area contributed by atoms with Crippen LogP contribution in [0.1, 0.15) is 25.8 Å². The Morgan fingerprint density at radius 3 is 2.57 bits per heavy atom. The first kappa shape index (κ1) is 21.6. The summed E-state index contributed by atoms with van der Waals surface area (Å²) in [5.74, 6) is 3.10. The SMILES string of the molecule is CCC.Clc1nc(N2CCOCC2)c2oc3ncc(CN4CCSCC4)cc3c2n1. The predicted molar refractivity (Wildman–Crippen MR) is 124 cm³/mol. The number of hydrogen-bond acceptors (Lipinski definition) is 8. The van der Waals surface area contributed by atoms with Gasteiger partial charge < -0.3 is 14.1 Å². The lowest BCUT2D eigenvalue weighted by molar-refractivity contribution is 0.122. The Labute approximate surface area is 186 Å². The number of halogens is 1. The van der Waals surface area contributed by atoms with Gasteiger partial charge in [0.25, 0.3) is 0 Å². The molecule has 0 amide bonds. The minimum Gasteiger partial charge on any atom is -0.432 e. The molecule has 30 heavy (non-hydrogen) atoms. The van der Waals surface area contributed by atoms with E-state index in [0.717, 1.165) is 49.4 Å². The normalized spacial score (nSPS) is 17.9. The lowest BCUT2D eigenvalue weighted by Crippen LogP contribution is -2.36. The molecule has 2 fully saturated rings. The first-order valence-electron chi connectivity index (χ1n) is 10.6. The summed E-state index contributed by atoms with van der Waals surface area (Å²) in [6, 6.07) is 2.13. The lowest BCUT2D eigenvalue weighted by Gasteiger charge is -2.27. The maximum absolute atomic E-state index is 6.24. The number of ether oxygens (including phenoxy) is 1. The molecule has 0 saturated carbocycles. The zero-order chi connectivity index (χ0) is 20.9. The Bertz CT molecular complexity index is 986. The molecule has 2 aliphatic heterocycles. The van der Waals surface area contributed by atoms with Crippen molar-refractivity contribution in [3.05, 3.63) is 23.1 Å². The van der Waals surface area contributed by atoms with Crippen molar-refractivity contribution >= 4 is 51.4 Å². The average molecular weight is 450 g/mol. The molecular formula is C21H28ClN5O2S. The van der Waals surface area contributed by atoms with E-state index in [0.29, 0.717) is 24.5 Å². The third-order valence-corrected chi connectivity index (χ3v) is 6.11. The Hall–Kier alpha value is -1.61. The first-order chi connectivity index (χ1) is 14.7. The van der Waals surface area contributed by atoms with Gasteiger partial charge in [-0.05, 0) is 23.2 Å². The zero-order valence-electron chi connectivity index (χ0n) is 17.6. The summed E-state index contributed by atoms with van der Waals surface area (Å²) in [6.45, 7) is 10.2. The highest BCUT2D eigenvalue weighted by atomic mass is 35.5. The summed E-state index contributed by atoms with van der Waals surface area (Å²) in [7, 11) is 0. The Morgan fingerprint density at radius 1 is 1.10 bits per heavy atom. The molecule has 0 aromatic carbocycles. The number of aromatic nitrogens is 3. The van der Waals surface area contributed by atoms with Gasteiger partial charge in [0, 0.05) is 50.4 Å². The lowest BCUT2D eigenvalue weighted by atomic mass is 10.2. The van der Waals surface area contributed by atoms with E-state index in [1.165, 1.54) is 23.5 Å². The summed E-state index contributed by atoms with van der Waals surface area (Å²) in [6.07, 6.45) is 3.15. The number of hydrogen-bond donors (Lipinski definition) is 0. The zero-order valence-corrected chi connectivity index (χ0v) is 19.1. The molecule has 0 atom stereocenters. The highest BCUT2D eigenvalue weighted by molar-refractivity contribution is 7.99. The van der Waals surface area contributed by atoms with Crippen molar-refractivity contribution in [3.8, 4) is 0 Å². The third-order valence-electron chi connectivity index (χ3n) is 5.00. The monoisotopic (exact) mass is 449 g/mol. The van der Waals surface area contributed by atoms with Crippen molar-refractivity contribution in [1.29, 1.82) is 0 Å². The molecule has 5 heterocycles. The van der Waals surface area contributed by atoms with Crippen molar-refractivity contribution < 1.29 is 9.15 Å². The highest BCUT2D eigenvalue weighted by Crippen LogP contribution is 2.33. The van der Waals surface area contributed by atoms with Gasteiger partial charge >= 0.3 is 0 Å². The number of furan rings is 1. The van der Waals surface area contributed by atoms with Crippen LogP contribution in [0.15, 0.2) is 16.7 Å². The molecule has 0 bridgehead atoms. The van der Waals surface area contributed by atoms with E-state index < -0.39 is 0 Å². The summed E-state index contributed by atoms with van der Waals surface area (Å²) in [5.41, 5.74) is 3.12.